The smallest absolute Gasteiger partial charge is 0.123 e. The highest BCUT2D eigenvalue weighted by molar-refractivity contribution is 5.79. The summed E-state index contributed by atoms with van der Waals surface area (Å²) < 4.78 is 12.8. The van der Waals surface area contributed by atoms with Crippen LogP contribution in [0.1, 0.15) is 11.1 Å². The van der Waals surface area contributed by atoms with E-state index >= 15 is 0 Å². The molecule has 1 atom stereocenters. The van der Waals surface area contributed by atoms with Crippen molar-refractivity contribution in [1.82, 2.24) is 0 Å². The van der Waals surface area contributed by atoms with Crippen LogP contribution < -0.4 is 0 Å². The molecule has 0 amide bonds. The predicted molar refractivity (Wildman–Crippen MR) is 75.0 cm³/mol. The quantitative estimate of drug-likeness (QED) is 0.821. The summed E-state index contributed by atoms with van der Waals surface area (Å²) in [5.74, 6) is -0.264. The minimum atomic E-state index is -0.264. The summed E-state index contributed by atoms with van der Waals surface area (Å²) in [6.07, 6.45) is 2.36. The molecule has 0 aliphatic rings. The lowest BCUT2D eigenvalue weighted by atomic mass is 10.1. The summed E-state index contributed by atoms with van der Waals surface area (Å²) >= 11 is 0. The van der Waals surface area contributed by atoms with Gasteiger partial charge in [-0.3, -0.25) is 4.99 Å². The molecule has 1 N–H and O–H groups in total. The lowest BCUT2D eigenvalue weighted by Gasteiger charge is -2.08. The molecule has 19 heavy (non-hydrogen) atoms. The van der Waals surface area contributed by atoms with Crippen LogP contribution in [0.3, 0.4) is 0 Å². The van der Waals surface area contributed by atoms with Crippen molar-refractivity contribution in [2.24, 2.45) is 4.99 Å². The third-order valence-electron chi connectivity index (χ3n) is 2.83. The van der Waals surface area contributed by atoms with Crippen LogP contribution in [-0.2, 0) is 6.42 Å². The van der Waals surface area contributed by atoms with E-state index in [-0.39, 0.29) is 18.5 Å². The molecule has 0 bridgehead atoms. The summed E-state index contributed by atoms with van der Waals surface area (Å²) in [7, 11) is 0. The van der Waals surface area contributed by atoms with Crippen molar-refractivity contribution in [3.05, 3.63) is 71.5 Å². The molecule has 2 nitrogen and oxygen atoms in total. The number of hydrogen-bond donors (Lipinski definition) is 1. The second-order valence-electron chi connectivity index (χ2n) is 4.36. The third kappa shape index (κ3) is 4.30. The molecule has 2 rings (SSSR count). The van der Waals surface area contributed by atoms with Gasteiger partial charge in [-0.05, 0) is 29.7 Å². The van der Waals surface area contributed by atoms with Crippen LogP contribution in [-0.4, -0.2) is 24.0 Å². The van der Waals surface area contributed by atoms with E-state index in [9.17, 15) is 9.50 Å². The fourth-order valence-corrected chi connectivity index (χ4v) is 1.79. The number of hydrogen-bond acceptors (Lipinski definition) is 2. The van der Waals surface area contributed by atoms with Gasteiger partial charge in [-0.1, -0.05) is 42.5 Å². The highest BCUT2D eigenvalue weighted by Gasteiger charge is 2.05. The summed E-state index contributed by atoms with van der Waals surface area (Å²) in [5, 5.41) is 9.34. The fourth-order valence-electron chi connectivity index (χ4n) is 1.79. The van der Waals surface area contributed by atoms with Crippen LogP contribution in [0.25, 0.3) is 0 Å². The van der Waals surface area contributed by atoms with Crippen LogP contribution in [0.2, 0.25) is 0 Å². The molecule has 0 aliphatic carbocycles. The molecule has 0 aromatic heterocycles. The van der Waals surface area contributed by atoms with Gasteiger partial charge in [-0.25, -0.2) is 4.39 Å². The van der Waals surface area contributed by atoms with Crippen molar-refractivity contribution in [2.75, 3.05) is 6.61 Å². The number of nitrogens with zero attached hydrogens (tertiary/aromatic N) is 1. The van der Waals surface area contributed by atoms with Gasteiger partial charge in [0.1, 0.15) is 5.82 Å². The number of benzene rings is 2. The molecule has 2 aromatic rings. The maximum Gasteiger partial charge on any atom is 0.123 e. The molecule has 3 heteroatoms. The number of halogens is 1. The van der Waals surface area contributed by atoms with Gasteiger partial charge >= 0.3 is 0 Å². The SMILES string of the molecule is OCC(Cc1ccccc1)N=Cc1ccc(F)cc1. The molecule has 98 valence electrons. The van der Waals surface area contributed by atoms with Gasteiger partial charge in [0.2, 0.25) is 0 Å². The largest absolute Gasteiger partial charge is 0.394 e. The van der Waals surface area contributed by atoms with Gasteiger partial charge in [0.25, 0.3) is 0 Å². The van der Waals surface area contributed by atoms with Crippen molar-refractivity contribution >= 4 is 6.21 Å². The maximum atomic E-state index is 12.8. The molecular weight excluding hydrogens is 241 g/mol. The van der Waals surface area contributed by atoms with Crippen LogP contribution in [0, 0.1) is 5.82 Å². The minimum Gasteiger partial charge on any atom is -0.394 e. The van der Waals surface area contributed by atoms with E-state index in [1.165, 1.54) is 12.1 Å². The molecule has 0 saturated heterocycles. The second-order valence-corrected chi connectivity index (χ2v) is 4.36. The molecule has 0 saturated carbocycles. The Bertz CT molecular complexity index is 522. The number of rotatable bonds is 5. The van der Waals surface area contributed by atoms with Gasteiger partial charge < -0.3 is 5.11 Å². The first-order chi connectivity index (χ1) is 9.28. The van der Waals surface area contributed by atoms with E-state index in [0.717, 1.165) is 11.1 Å². The Morgan fingerprint density at radius 2 is 1.74 bits per heavy atom. The zero-order chi connectivity index (χ0) is 13.5. The Balaban J connectivity index is 2.00. The van der Waals surface area contributed by atoms with Crippen LogP contribution in [0.5, 0.6) is 0 Å². The number of aliphatic hydroxyl groups is 1. The summed E-state index contributed by atoms with van der Waals surface area (Å²) in [5.41, 5.74) is 1.96. The van der Waals surface area contributed by atoms with Gasteiger partial charge in [0.05, 0.1) is 12.6 Å². The van der Waals surface area contributed by atoms with E-state index in [1.54, 1.807) is 18.3 Å². The second kappa shape index (κ2) is 6.81. The Hall–Kier alpha value is -2.00. The van der Waals surface area contributed by atoms with Gasteiger partial charge in [-0.15, -0.1) is 0 Å². The zero-order valence-electron chi connectivity index (χ0n) is 10.5. The normalized spacial score (nSPS) is 12.7. The van der Waals surface area contributed by atoms with E-state index in [2.05, 4.69) is 4.99 Å². The Kier molecular flexibility index (Phi) is 4.81. The van der Waals surface area contributed by atoms with Crippen molar-refractivity contribution in [3.8, 4) is 0 Å². The van der Waals surface area contributed by atoms with Crippen LogP contribution in [0.4, 0.5) is 4.39 Å². The molecule has 0 heterocycles. The van der Waals surface area contributed by atoms with Crippen LogP contribution >= 0.6 is 0 Å². The van der Waals surface area contributed by atoms with Gasteiger partial charge in [0, 0.05) is 6.21 Å². The van der Waals surface area contributed by atoms with Gasteiger partial charge in [-0.2, -0.15) is 0 Å². The molecule has 1 unspecified atom stereocenters. The van der Waals surface area contributed by atoms with E-state index in [0.29, 0.717) is 6.42 Å². The predicted octanol–water partition coefficient (Wildman–Crippen LogP) is 2.85. The van der Waals surface area contributed by atoms with E-state index in [1.807, 2.05) is 30.3 Å². The number of aliphatic hydroxyl groups excluding tert-OH is 1. The first kappa shape index (κ1) is 13.4. The van der Waals surface area contributed by atoms with Gasteiger partial charge in [0.15, 0.2) is 0 Å². The number of aliphatic imine (C=N–C) groups is 1. The highest BCUT2D eigenvalue weighted by atomic mass is 19.1. The van der Waals surface area contributed by atoms with Crippen molar-refractivity contribution < 1.29 is 9.50 Å². The molecule has 2 aromatic carbocycles. The Labute approximate surface area is 112 Å². The van der Waals surface area contributed by atoms with Crippen LogP contribution in [0.15, 0.2) is 59.6 Å². The Morgan fingerprint density at radius 1 is 1.05 bits per heavy atom. The van der Waals surface area contributed by atoms with Crippen molar-refractivity contribution in [2.45, 2.75) is 12.5 Å². The summed E-state index contributed by atoms with van der Waals surface area (Å²) in [6.45, 7) is -0.00735. The van der Waals surface area contributed by atoms with Crippen molar-refractivity contribution in [3.63, 3.8) is 0 Å². The third-order valence-corrected chi connectivity index (χ3v) is 2.83. The average molecular weight is 257 g/mol. The van der Waals surface area contributed by atoms with Crippen molar-refractivity contribution in [1.29, 1.82) is 0 Å². The highest BCUT2D eigenvalue weighted by Crippen LogP contribution is 2.06. The molecule has 0 fully saturated rings. The topological polar surface area (TPSA) is 32.6 Å². The monoisotopic (exact) mass is 257 g/mol. The molecular formula is C16H16FNO. The average Bonchev–Trinajstić information content (AvgIpc) is 2.46. The zero-order valence-corrected chi connectivity index (χ0v) is 10.5. The van der Waals surface area contributed by atoms with E-state index < -0.39 is 0 Å². The standard InChI is InChI=1S/C16H16FNO/c17-15-8-6-14(7-9-15)11-18-16(12-19)10-13-4-2-1-3-5-13/h1-9,11,16,19H,10,12H2. The van der Waals surface area contributed by atoms with E-state index in [4.69, 9.17) is 0 Å². The fraction of sp³-hybridized carbons (Fsp3) is 0.188. The summed E-state index contributed by atoms with van der Waals surface area (Å²) in [4.78, 5) is 4.34. The lowest BCUT2D eigenvalue weighted by molar-refractivity contribution is 0.266. The molecule has 0 aliphatic heterocycles. The first-order valence-corrected chi connectivity index (χ1v) is 6.21. The first-order valence-electron chi connectivity index (χ1n) is 6.21. The lowest BCUT2D eigenvalue weighted by Crippen LogP contribution is -2.14. The Morgan fingerprint density at radius 3 is 2.37 bits per heavy atom. The maximum absolute atomic E-state index is 12.8. The molecule has 0 spiro atoms. The molecule has 0 radical (unpaired) electrons. The summed E-state index contributed by atoms with van der Waals surface area (Å²) in [6, 6.07) is 15.9. The minimum absolute atomic E-state index is 0.00735.